The molecular formula is C13H13Br2NO3. The lowest BCUT2D eigenvalue weighted by atomic mass is 10.1. The third-order valence-corrected chi connectivity index (χ3v) is 3.62. The standard InChI is InChI=1S/C13H13Br2NO3/c1-3-18-11-6-8(10(15)7-16)5-9(14)12(11)13(17)19-4-2/h5-6,10H,3-4H2,1-2H3. The van der Waals surface area contributed by atoms with E-state index in [2.05, 4.69) is 37.9 Å². The van der Waals surface area contributed by atoms with Crippen molar-refractivity contribution in [1.29, 1.82) is 5.26 Å². The number of nitriles is 1. The zero-order valence-electron chi connectivity index (χ0n) is 10.6. The molecule has 6 heteroatoms. The number of nitrogens with zero attached hydrogens (tertiary/aromatic N) is 1. The van der Waals surface area contributed by atoms with Crippen LogP contribution in [-0.4, -0.2) is 19.2 Å². The molecule has 0 heterocycles. The molecule has 0 N–H and O–H groups in total. The van der Waals surface area contributed by atoms with Gasteiger partial charge in [0.05, 0.1) is 19.3 Å². The molecule has 19 heavy (non-hydrogen) atoms. The molecule has 102 valence electrons. The quantitative estimate of drug-likeness (QED) is 0.563. The Morgan fingerprint density at radius 3 is 2.63 bits per heavy atom. The molecule has 0 fully saturated rings. The van der Waals surface area contributed by atoms with Crippen molar-refractivity contribution >= 4 is 37.8 Å². The lowest BCUT2D eigenvalue weighted by Crippen LogP contribution is -2.09. The third kappa shape index (κ3) is 3.95. The minimum atomic E-state index is -0.459. The molecule has 0 amide bonds. The first-order chi connectivity index (χ1) is 9.04. The first-order valence-corrected chi connectivity index (χ1v) is 7.43. The van der Waals surface area contributed by atoms with E-state index in [4.69, 9.17) is 14.7 Å². The minimum absolute atomic E-state index is 0.290. The average molecular weight is 391 g/mol. The number of benzene rings is 1. The second kappa shape index (κ2) is 7.51. The van der Waals surface area contributed by atoms with Gasteiger partial charge >= 0.3 is 5.97 Å². The Hall–Kier alpha value is -1.06. The molecule has 0 saturated carbocycles. The monoisotopic (exact) mass is 389 g/mol. The lowest BCUT2D eigenvalue weighted by molar-refractivity contribution is 0.0521. The molecule has 0 spiro atoms. The number of alkyl halides is 1. The molecule has 0 aliphatic rings. The van der Waals surface area contributed by atoms with Crippen LogP contribution in [-0.2, 0) is 4.74 Å². The maximum absolute atomic E-state index is 11.9. The number of carbonyl (C=O) groups is 1. The molecule has 0 aliphatic carbocycles. The Balaban J connectivity index is 3.31. The summed E-state index contributed by atoms with van der Waals surface area (Å²) in [6, 6.07) is 5.45. The van der Waals surface area contributed by atoms with Crippen LogP contribution in [0.5, 0.6) is 5.75 Å². The minimum Gasteiger partial charge on any atom is -0.493 e. The van der Waals surface area contributed by atoms with Gasteiger partial charge in [-0.25, -0.2) is 4.79 Å². The Morgan fingerprint density at radius 1 is 1.42 bits per heavy atom. The highest BCUT2D eigenvalue weighted by Gasteiger charge is 2.21. The van der Waals surface area contributed by atoms with Gasteiger partial charge in [-0.15, -0.1) is 0 Å². The van der Waals surface area contributed by atoms with Crippen molar-refractivity contribution in [3.05, 3.63) is 27.7 Å². The summed E-state index contributed by atoms with van der Waals surface area (Å²) in [6.45, 7) is 4.27. The topological polar surface area (TPSA) is 59.3 Å². The number of hydrogen-bond donors (Lipinski definition) is 0. The summed E-state index contributed by atoms with van der Waals surface area (Å²) < 4.78 is 11.0. The van der Waals surface area contributed by atoms with E-state index in [-0.39, 0.29) is 6.61 Å². The fraction of sp³-hybridized carbons (Fsp3) is 0.385. The van der Waals surface area contributed by atoms with Gasteiger partial charge in [-0.05, 0) is 47.5 Å². The molecule has 1 aromatic carbocycles. The Labute approximate surface area is 129 Å². The van der Waals surface area contributed by atoms with E-state index < -0.39 is 10.8 Å². The summed E-state index contributed by atoms with van der Waals surface area (Å²) >= 11 is 6.57. The van der Waals surface area contributed by atoms with Crippen molar-refractivity contribution in [2.24, 2.45) is 0 Å². The van der Waals surface area contributed by atoms with Gasteiger partial charge in [0.2, 0.25) is 0 Å². The zero-order chi connectivity index (χ0) is 14.4. The zero-order valence-corrected chi connectivity index (χ0v) is 13.7. The van der Waals surface area contributed by atoms with Gasteiger partial charge in [-0.2, -0.15) is 5.26 Å². The van der Waals surface area contributed by atoms with Gasteiger partial charge in [0, 0.05) is 4.47 Å². The Morgan fingerprint density at radius 2 is 2.11 bits per heavy atom. The highest BCUT2D eigenvalue weighted by Crippen LogP contribution is 2.34. The number of halogens is 2. The van der Waals surface area contributed by atoms with Gasteiger partial charge < -0.3 is 9.47 Å². The van der Waals surface area contributed by atoms with E-state index in [1.807, 2.05) is 6.92 Å². The summed E-state index contributed by atoms with van der Waals surface area (Å²) in [4.78, 5) is 11.4. The molecule has 0 saturated heterocycles. The fourth-order valence-electron chi connectivity index (χ4n) is 1.49. The fourth-order valence-corrected chi connectivity index (χ4v) is 2.38. The number of esters is 1. The second-order valence-corrected chi connectivity index (χ2v) is 5.29. The van der Waals surface area contributed by atoms with Crippen LogP contribution in [0.15, 0.2) is 16.6 Å². The van der Waals surface area contributed by atoms with Gasteiger partial charge in [-0.3, -0.25) is 0 Å². The van der Waals surface area contributed by atoms with Crippen molar-refractivity contribution in [2.75, 3.05) is 13.2 Å². The predicted octanol–water partition coefficient (Wildman–Crippen LogP) is 3.98. The van der Waals surface area contributed by atoms with Crippen LogP contribution in [0.25, 0.3) is 0 Å². The van der Waals surface area contributed by atoms with Crippen LogP contribution >= 0.6 is 31.9 Å². The Kier molecular flexibility index (Phi) is 6.32. The maximum Gasteiger partial charge on any atom is 0.343 e. The Bertz CT molecular complexity index is 511. The van der Waals surface area contributed by atoms with Gasteiger partial charge in [0.25, 0.3) is 0 Å². The van der Waals surface area contributed by atoms with Crippen LogP contribution in [0.3, 0.4) is 0 Å². The molecular weight excluding hydrogens is 378 g/mol. The van der Waals surface area contributed by atoms with Crippen molar-refractivity contribution in [2.45, 2.75) is 18.7 Å². The summed E-state index contributed by atoms with van der Waals surface area (Å²) in [6.07, 6.45) is 0. The molecule has 0 radical (unpaired) electrons. The summed E-state index contributed by atoms with van der Waals surface area (Å²) in [5.74, 6) is -0.0440. The number of hydrogen-bond acceptors (Lipinski definition) is 4. The van der Waals surface area contributed by atoms with E-state index in [1.54, 1.807) is 19.1 Å². The number of rotatable bonds is 5. The van der Waals surface area contributed by atoms with E-state index in [0.717, 1.165) is 0 Å². The highest BCUT2D eigenvalue weighted by atomic mass is 79.9. The molecule has 1 unspecified atom stereocenters. The van der Waals surface area contributed by atoms with Gasteiger partial charge in [0.1, 0.15) is 16.1 Å². The average Bonchev–Trinajstić information content (AvgIpc) is 2.37. The second-order valence-electron chi connectivity index (χ2n) is 3.52. The maximum atomic E-state index is 11.9. The molecule has 1 aromatic rings. The molecule has 1 rings (SSSR count). The van der Waals surface area contributed by atoms with Crippen LogP contribution in [0.2, 0.25) is 0 Å². The van der Waals surface area contributed by atoms with E-state index >= 15 is 0 Å². The normalized spacial score (nSPS) is 11.5. The smallest absolute Gasteiger partial charge is 0.343 e. The SMILES string of the molecule is CCOC(=O)c1c(Br)cc(C(Br)C#N)cc1OCC. The van der Waals surface area contributed by atoms with Crippen molar-refractivity contribution < 1.29 is 14.3 Å². The van der Waals surface area contributed by atoms with Crippen molar-refractivity contribution in [3.63, 3.8) is 0 Å². The molecule has 0 aromatic heterocycles. The first kappa shape index (κ1) is 16.0. The summed E-state index contributed by atoms with van der Waals surface area (Å²) in [7, 11) is 0. The predicted molar refractivity (Wildman–Crippen MR) is 78.5 cm³/mol. The highest BCUT2D eigenvalue weighted by molar-refractivity contribution is 9.10. The summed E-state index contributed by atoms with van der Waals surface area (Å²) in [5, 5.41) is 8.92. The van der Waals surface area contributed by atoms with E-state index in [0.29, 0.717) is 28.0 Å². The third-order valence-electron chi connectivity index (χ3n) is 2.26. The van der Waals surface area contributed by atoms with E-state index in [9.17, 15) is 4.79 Å². The molecule has 0 aliphatic heterocycles. The van der Waals surface area contributed by atoms with Crippen LogP contribution in [0.1, 0.15) is 34.6 Å². The lowest BCUT2D eigenvalue weighted by Gasteiger charge is -2.14. The van der Waals surface area contributed by atoms with Crippen LogP contribution in [0, 0.1) is 11.3 Å². The summed E-state index contributed by atoms with van der Waals surface area (Å²) in [5.41, 5.74) is 1.05. The van der Waals surface area contributed by atoms with Crippen LogP contribution < -0.4 is 4.74 Å². The van der Waals surface area contributed by atoms with E-state index in [1.165, 1.54) is 0 Å². The van der Waals surface area contributed by atoms with Crippen molar-refractivity contribution in [1.82, 2.24) is 0 Å². The first-order valence-electron chi connectivity index (χ1n) is 5.72. The largest absolute Gasteiger partial charge is 0.493 e. The molecule has 4 nitrogen and oxygen atoms in total. The molecule has 0 bridgehead atoms. The number of ether oxygens (including phenoxy) is 2. The van der Waals surface area contributed by atoms with Gasteiger partial charge in [-0.1, -0.05) is 15.9 Å². The van der Waals surface area contributed by atoms with Gasteiger partial charge in [0.15, 0.2) is 0 Å². The molecule has 1 atom stereocenters. The van der Waals surface area contributed by atoms with Crippen molar-refractivity contribution in [3.8, 4) is 11.8 Å². The van der Waals surface area contributed by atoms with Crippen LogP contribution in [0.4, 0.5) is 0 Å². The number of carbonyl (C=O) groups excluding carboxylic acids is 1.